The van der Waals surface area contributed by atoms with E-state index < -0.39 is 12.3 Å². The maximum Gasteiger partial charge on any atom is 0.243 e. The lowest BCUT2D eigenvalue weighted by Gasteiger charge is -2.19. The van der Waals surface area contributed by atoms with Gasteiger partial charge in [-0.1, -0.05) is 0 Å². The van der Waals surface area contributed by atoms with Gasteiger partial charge in [0.1, 0.15) is 11.9 Å². The van der Waals surface area contributed by atoms with Crippen LogP contribution < -0.4 is 4.90 Å². The molecule has 1 aromatic heterocycles. The van der Waals surface area contributed by atoms with E-state index in [1.54, 1.807) is 17.0 Å². The molecule has 1 aliphatic rings. The molecule has 90 valence electrons. The van der Waals surface area contributed by atoms with Crippen molar-refractivity contribution >= 4 is 5.82 Å². The van der Waals surface area contributed by atoms with E-state index in [-0.39, 0.29) is 6.54 Å². The second-order valence-corrected chi connectivity index (χ2v) is 4.26. The quantitative estimate of drug-likeness (QED) is 0.792. The van der Waals surface area contributed by atoms with Gasteiger partial charge in [-0.15, -0.1) is 0 Å². The monoisotopic (exact) mass is 237 g/mol. The highest BCUT2D eigenvalue weighted by atomic mass is 19.3. The Hall–Kier alpha value is -1.70. The second-order valence-electron chi connectivity index (χ2n) is 4.26. The molecule has 1 saturated heterocycles. The fraction of sp³-hybridized carbons (Fsp3) is 0.500. The average Bonchev–Trinajstić information content (AvgIpc) is 2.78. The smallest absolute Gasteiger partial charge is 0.243 e. The lowest BCUT2D eigenvalue weighted by Crippen LogP contribution is -2.24. The highest BCUT2D eigenvalue weighted by Crippen LogP contribution is 2.28. The Morgan fingerprint density at radius 1 is 1.53 bits per heavy atom. The van der Waals surface area contributed by atoms with Crippen LogP contribution in [0.25, 0.3) is 0 Å². The zero-order valence-electron chi connectivity index (χ0n) is 9.53. The van der Waals surface area contributed by atoms with Crippen LogP contribution in [0.5, 0.6) is 0 Å². The number of nitriles is 1. The Balaban J connectivity index is 2.24. The van der Waals surface area contributed by atoms with Crippen molar-refractivity contribution in [3.63, 3.8) is 0 Å². The van der Waals surface area contributed by atoms with Crippen molar-refractivity contribution in [1.82, 2.24) is 4.98 Å². The molecule has 0 amide bonds. The summed E-state index contributed by atoms with van der Waals surface area (Å²) in [5, 5.41) is 8.98. The van der Waals surface area contributed by atoms with E-state index >= 15 is 0 Å². The molecule has 0 radical (unpaired) electrons. The molecule has 1 atom stereocenters. The van der Waals surface area contributed by atoms with Gasteiger partial charge in [-0.2, -0.15) is 5.26 Å². The third-order valence-electron chi connectivity index (χ3n) is 3.02. The van der Waals surface area contributed by atoms with Crippen molar-refractivity contribution in [3.05, 3.63) is 23.4 Å². The largest absolute Gasteiger partial charge is 0.355 e. The van der Waals surface area contributed by atoms with Crippen molar-refractivity contribution in [2.24, 2.45) is 5.92 Å². The van der Waals surface area contributed by atoms with Crippen LogP contribution in [0.3, 0.4) is 0 Å². The third-order valence-corrected chi connectivity index (χ3v) is 3.02. The SMILES string of the molecule is Cc1ccc(C#N)c(N2CCC(C(F)F)C2)n1. The van der Waals surface area contributed by atoms with Crippen LogP contribution in [-0.4, -0.2) is 24.5 Å². The van der Waals surface area contributed by atoms with E-state index in [1.807, 2.05) is 6.92 Å². The Labute approximate surface area is 98.7 Å². The summed E-state index contributed by atoms with van der Waals surface area (Å²) in [4.78, 5) is 6.06. The summed E-state index contributed by atoms with van der Waals surface area (Å²) in [5.74, 6) is -0.0699. The van der Waals surface area contributed by atoms with E-state index in [0.717, 1.165) is 5.69 Å². The van der Waals surface area contributed by atoms with Gasteiger partial charge in [-0.25, -0.2) is 13.8 Å². The van der Waals surface area contributed by atoms with Crippen LogP contribution in [0, 0.1) is 24.2 Å². The summed E-state index contributed by atoms with van der Waals surface area (Å²) in [5.41, 5.74) is 1.24. The molecule has 2 rings (SSSR count). The van der Waals surface area contributed by atoms with E-state index in [0.29, 0.717) is 24.3 Å². The van der Waals surface area contributed by atoms with Gasteiger partial charge >= 0.3 is 0 Å². The van der Waals surface area contributed by atoms with Crippen molar-refractivity contribution in [2.75, 3.05) is 18.0 Å². The number of anilines is 1. The number of aromatic nitrogens is 1. The van der Waals surface area contributed by atoms with Crippen molar-refractivity contribution in [1.29, 1.82) is 5.26 Å². The highest BCUT2D eigenvalue weighted by molar-refractivity contribution is 5.54. The third kappa shape index (κ3) is 2.36. The summed E-state index contributed by atoms with van der Waals surface area (Å²) < 4.78 is 25.2. The Morgan fingerprint density at radius 2 is 2.29 bits per heavy atom. The summed E-state index contributed by atoms with van der Waals surface area (Å²) in [6.45, 7) is 2.65. The summed E-state index contributed by atoms with van der Waals surface area (Å²) in [6, 6.07) is 5.49. The van der Waals surface area contributed by atoms with Gasteiger partial charge in [0.05, 0.1) is 5.56 Å². The second kappa shape index (κ2) is 4.66. The van der Waals surface area contributed by atoms with Crippen molar-refractivity contribution < 1.29 is 8.78 Å². The van der Waals surface area contributed by atoms with Gasteiger partial charge in [0, 0.05) is 24.7 Å². The van der Waals surface area contributed by atoms with E-state index in [1.165, 1.54) is 0 Å². The van der Waals surface area contributed by atoms with E-state index in [4.69, 9.17) is 5.26 Å². The summed E-state index contributed by atoms with van der Waals surface area (Å²) in [6.07, 6.45) is -1.84. The number of pyridine rings is 1. The number of nitrogens with zero attached hydrogens (tertiary/aromatic N) is 3. The molecule has 2 heterocycles. The van der Waals surface area contributed by atoms with Crippen molar-refractivity contribution in [3.8, 4) is 6.07 Å². The zero-order valence-corrected chi connectivity index (χ0v) is 9.53. The zero-order chi connectivity index (χ0) is 12.4. The van der Waals surface area contributed by atoms with E-state index in [9.17, 15) is 8.78 Å². The number of alkyl halides is 2. The number of hydrogen-bond donors (Lipinski definition) is 0. The Kier molecular flexibility index (Phi) is 3.23. The van der Waals surface area contributed by atoms with Crippen LogP contribution in [0.2, 0.25) is 0 Å². The van der Waals surface area contributed by atoms with Crippen molar-refractivity contribution in [2.45, 2.75) is 19.8 Å². The molecule has 0 saturated carbocycles. The first kappa shape index (κ1) is 11.8. The molecule has 1 aromatic rings. The maximum atomic E-state index is 12.6. The Bertz CT molecular complexity index is 454. The fourth-order valence-electron chi connectivity index (χ4n) is 2.06. The standard InChI is InChI=1S/C12H13F2N3/c1-8-2-3-9(6-15)12(16-8)17-5-4-10(7-17)11(13)14/h2-3,10-11H,4-5,7H2,1H3. The van der Waals surface area contributed by atoms with Gasteiger partial charge in [0.25, 0.3) is 0 Å². The molecule has 1 fully saturated rings. The average molecular weight is 237 g/mol. The number of aryl methyl sites for hydroxylation is 1. The van der Waals surface area contributed by atoms with Crippen LogP contribution in [0.15, 0.2) is 12.1 Å². The molecule has 0 aliphatic carbocycles. The predicted octanol–water partition coefficient (Wildman–Crippen LogP) is 2.35. The first-order valence-electron chi connectivity index (χ1n) is 5.52. The number of hydrogen-bond acceptors (Lipinski definition) is 3. The minimum absolute atomic E-state index is 0.281. The summed E-state index contributed by atoms with van der Waals surface area (Å²) >= 11 is 0. The molecule has 5 heteroatoms. The van der Waals surface area contributed by atoms with Gasteiger partial charge < -0.3 is 4.90 Å². The lowest BCUT2D eigenvalue weighted by molar-refractivity contribution is 0.0880. The van der Waals surface area contributed by atoms with Gasteiger partial charge in [-0.05, 0) is 25.5 Å². The molecule has 1 aliphatic heterocycles. The van der Waals surface area contributed by atoms with Crippen LogP contribution in [0.1, 0.15) is 17.7 Å². The molecule has 0 spiro atoms. The van der Waals surface area contributed by atoms with Crippen LogP contribution in [-0.2, 0) is 0 Å². The Morgan fingerprint density at radius 3 is 2.88 bits per heavy atom. The molecule has 1 unspecified atom stereocenters. The number of halogens is 2. The van der Waals surface area contributed by atoms with Crippen LogP contribution in [0.4, 0.5) is 14.6 Å². The highest BCUT2D eigenvalue weighted by Gasteiger charge is 2.31. The molecular weight excluding hydrogens is 224 g/mol. The normalized spacial score (nSPS) is 19.7. The lowest BCUT2D eigenvalue weighted by atomic mass is 10.1. The van der Waals surface area contributed by atoms with Crippen LogP contribution >= 0.6 is 0 Å². The maximum absolute atomic E-state index is 12.6. The topological polar surface area (TPSA) is 39.9 Å². The van der Waals surface area contributed by atoms with Gasteiger partial charge in [-0.3, -0.25) is 0 Å². The molecule has 0 bridgehead atoms. The molecule has 0 aromatic carbocycles. The first-order chi connectivity index (χ1) is 8.11. The van der Waals surface area contributed by atoms with Gasteiger partial charge in [0.15, 0.2) is 0 Å². The number of rotatable bonds is 2. The predicted molar refractivity (Wildman–Crippen MR) is 60.0 cm³/mol. The molecule has 17 heavy (non-hydrogen) atoms. The van der Waals surface area contributed by atoms with Gasteiger partial charge in [0.2, 0.25) is 6.43 Å². The first-order valence-corrected chi connectivity index (χ1v) is 5.52. The molecular formula is C12H13F2N3. The minimum atomic E-state index is -2.30. The minimum Gasteiger partial charge on any atom is -0.355 e. The fourth-order valence-corrected chi connectivity index (χ4v) is 2.06. The summed E-state index contributed by atoms with van der Waals surface area (Å²) in [7, 11) is 0. The van der Waals surface area contributed by atoms with E-state index in [2.05, 4.69) is 11.1 Å². The molecule has 0 N–H and O–H groups in total. The molecule has 3 nitrogen and oxygen atoms in total.